The Kier molecular flexibility index (Phi) is 6.66. The second kappa shape index (κ2) is 9.38. The molecule has 1 aromatic carbocycles. The number of aromatic nitrogens is 2. The van der Waals surface area contributed by atoms with Crippen LogP contribution in [0.5, 0.6) is 0 Å². The second-order valence-electron chi connectivity index (χ2n) is 6.78. The minimum absolute atomic E-state index is 0.753. The van der Waals surface area contributed by atoms with E-state index in [-0.39, 0.29) is 0 Å². The topological polar surface area (TPSA) is 54.7 Å². The lowest BCUT2D eigenvalue weighted by Crippen LogP contribution is -2.41. The minimum atomic E-state index is 0.753. The summed E-state index contributed by atoms with van der Waals surface area (Å²) in [5.41, 5.74) is 2.37. The first-order valence-corrected chi connectivity index (χ1v) is 9.35. The monoisotopic (exact) mass is 355 g/mol. The quantitative estimate of drug-likeness (QED) is 0.426. The lowest BCUT2D eigenvalue weighted by molar-refractivity contribution is 0.115. The molecule has 1 N–H and O–H groups in total. The van der Waals surface area contributed by atoms with Crippen molar-refractivity contribution in [3.63, 3.8) is 0 Å². The average molecular weight is 355 g/mol. The van der Waals surface area contributed by atoms with Crippen LogP contribution in [-0.4, -0.2) is 61.0 Å². The van der Waals surface area contributed by atoms with Crippen molar-refractivity contribution < 1.29 is 4.74 Å². The van der Waals surface area contributed by atoms with Gasteiger partial charge in [0.15, 0.2) is 5.96 Å². The third-order valence-electron chi connectivity index (χ3n) is 4.60. The molecule has 1 saturated carbocycles. The maximum atomic E-state index is 5.71. The third-order valence-corrected chi connectivity index (χ3v) is 4.60. The predicted molar refractivity (Wildman–Crippen MR) is 105 cm³/mol. The van der Waals surface area contributed by atoms with Gasteiger partial charge in [0.05, 0.1) is 12.3 Å². The van der Waals surface area contributed by atoms with Crippen molar-refractivity contribution in [3.05, 3.63) is 48.3 Å². The van der Waals surface area contributed by atoms with Crippen LogP contribution in [0, 0.1) is 5.92 Å². The smallest absolute Gasteiger partial charge is 0.193 e. The molecule has 1 aliphatic carbocycles. The van der Waals surface area contributed by atoms with Crippen molar-refractivity contribution in [3.8, 4) is 5.69 Å². The largest absolute Gasteiger partial charge is 0.379 e. The van der Waals surface area contributed by atoms with E-state index in [1.165, 1.54) is 18.4 Å². The first-order valence-electron chi connectivity index (χ1n) is 9.35. The van der Waals surface area contributed by atoms with Gasteiger partial charge in [-0.3, -0.25) is 4.99 Å². The summed E-state index contributed by atoms with van der Waals surface area (Å²) in [6, 6.07) is 10.4. The molecule has 2 aromatic rings. The molecule has 1 aliphatic rings. The predicted octanol–water partition coefficient (Wildman–Crippen LogP) is 2.35. The lowest BCUT2D eigenvalue weighted by atomic mass is 10.1. The van der Waals surface area contributed by atoms with Gasteiger partial charge < -0.3 is 15.0 Å². The van der Waals surface area contributed by atoms with Crippen molar-refractivity contribution in [2.75, 3.05) is 40.4 Å². The molecule has 3 rings (SSSR count). The van der Waals surface area contributed by atoms with Gasteiger partial charge in [-0.25, -0.2) is 4.68 Å². The van der Waals surface area contributed by atoms with Crippen LogP contribution in [0.2, 0.25) is 0 Å². The Morgan fingerprint density at radius 2 is 2.15 bits per heavy atom. The average Bonchev–Trinajstić information content (AvgIpc) is 3.33. The van der Waals surface area contributed by atoms with Crippen molar-refractivity contribution in [1.82, 2.24) is 20.0 Å². The molecular weight excluding hydrogens is 326 g/mol. The molecule has 0 radical (unpaired) electrons. The van der Waals surface area contributed by atoms with Gasteiger partial charge in [-0.15, -0.1) is 0 Å². The van der Waals surface area contributed by atoms with Crippen LogP contribution in [0.25, 0.3) is 5.69 Å². The van der Waals surface area contributed by atoms with E-state index in [1.807, 2.05) is 24.0 Å². The van der Waals surface area contributed by atoms with Gasteiger partial charge in [0, 0.05) is 46.2 Å². The zero-order valence-electron chi connectivity index (χ0n) is 15.8. The molecule has 26 heavy (non-hydrogen) atoms. The highest BCUT2D eigenvalue weighted by molar-refractivity contribution is 5.79. The van der Waals surface area contributed by atoms with Crippen LogP contribution in [0.4, 0.5) is 0 Å². The fraction of sp³-hybridized carbons (Fsp3) is 0.500. The number of ether oxygens (including phenoxy) is 1. The molecule has 1 aromatic heterocycles. The highest BCUT2D eigenvalue weighted by atomic mass is 16.5. The number of nitrogens with zero attached hydrogens (tertiary/aromatic N) is 4. The number of nitrogens with one attached hydrogen (secondary N) is 1. The summed E-state index contributed by atoms with van der Waals surface area (Å²) in [5, 5.41) is 7.67. The summed E-state index contributed by atoms with van der Waals surface area (Å²) in [5.74, 6) is 1.73. The van der Waals surface area contributed by atoms with E-state index >= 15 is 0 Å². The Morgan fingerprint density at radius 3 is 2.81 bits per heavy atom. The van der Waals surface area contributed by atoms with Crippen LogP contribution < -0.4 is 5.32 Å². The van der Waals surface area contributed by atoms with Crippen LogP contribution >= 0.6 is 0 Å². The van der Waals surface area contributed by atoms with E-state index in [9.17, 15) is 0 Å². The second-order valence-corrected chi connectivity index (χ2v) is 6.78. The van der Waals surface area contributed by atoms with E-state index < -0.39 is 0 Å². The number of aliphatic imine (C=N–C) groups is 1. The van der Waals surface area contributed by atoms with Crippen molar-refractivity contribution in [2.24, 2.45) is 10.9 Å². The fourth-order valence-corrected chi connectivity index (χ4v) is 2.78. The maximum Gasteiger partial charge on any atom is 0.193 e. The van der Waals surface area contributed by atoms with E-state index in [2.05, 4.69) is 51.6 Å². The first kappa shape index (κ1) is 18.5. The van der Waals surface area contributed by atoms with E-state index in [4.69, 9.17) is 4.74 Å². The number of likely N-dealkylation sites (N-methyl/N-ethyl adjacent to an activating group) is 1. The van der Waals surface area contributed by atoms with Gasteiger partial charge in [-0.1, -0.05) is 12.1 Å². The lowest BCUT2D eigenvalue weighted by Gasteiger charge is -2.22. The standard InChI is InChI=1S/C20H29N5O/c1-21-20(24(2)14-15-26-16-18-4-5-18)22-12-10-17-6-8-19(9-7-17)25-13-3-11-23-25/h3,6-9,11,13,18H,4-5,10,12,14-16H2,1-2H3,(H,21,22). The van der Waals surface area contributed by atoms with Gasteiger partial charge in [-0.2, -0.15) is 5.10 Å². The molecule has 0 bridgehead atoms. The molecule has 0 amide bonds. The van der Waals surface area contributed by atoms with Crippen molar-refractivity contribution in [1.29, 1.82) is 0 Å². The fourth-order valence-electron chi connectivity index (χ4n) is 2.78. The molecule has 140 valence electrons. The number of hydrogen-bond donors (Lipinski definition) is 1. The third kappa shape index (κ3) is 5.59. The van der Waals surface area contributed by atoms with Crippen molar-refractivity contribution in [2.45, 2.75) is 19.3 Å². The molecule has 1 heterocycles. The van der Waals surface area contributed by atoms with Gasteiger partial charge in [0.2, 0.25) is 0 Å². The zero-order valence-corrected chi connectivity index (χ0v) is 15.8. The molecule has 6 nitrogen and oxygen atoms in total. The number of benzene rings is 1. The summed E-state index contributed by atoms with van der Waals surface area (Å²) in [4.78, 5) is 6.48. The highest BCUT2D eigenvalue weighted by Crippen LogP contribution is 2.28. The molecular formula is C20H29N5O. The Balaban J connectivity index is 1.37. The summed E-state index contributed by atoms with van der Waals surface area (Å²) < 4.78 is 7.57. The van der Waals surface area contributed by atoms with Crippen LogP contribution in [-0.2, 0) is 11.2 Å². The van der Waals surface area contributed by atoms with Crippen molar-refractivity contribution >= 4 is 5.96 Å². The van der Waals surface area contributed by atoms with Gasteiger partial charge in [-0.05, 0) is 48.9 Å². The SMILES string of the molecule is CN=C(NCCc1ccc(-n2cccn2)cc1)N(C)CCOCC1CC1. The molecule has 0 unspecified atom stereocenters. The van der Waals surface area contributed by atoms with Crippen LogP contribution in [0.15, 0.2) is 47.7 Å². The molecule has 6 heteroatoms. The van der Waals surface area contributed by atoms with Gasteiger partial charge in [0.25, 0.3) is 0 Å². The van der Waals surface area contributed by atoms with Crippen LogP contribution in [0.1, 0.15) is 18.4 Å². The number of hydrogen-bond acceptors (Lipinski definition) is 3. The van der Waals surface area contributed by atoms with E-state index in [1.54, 1.807) is 6.20 Å². The Hall–Kier alpha value is -2.34. The van der Waals surface area contributed by atoms with Gasteiger partial charge in [0.1, 0.15) is 0 Å². The zero-order chi connectivity index (χ0) is 18.2. The summed E-state index contributed by atoms with van der Waals surface area (Å²) in [7, 11) is 3.87. The number of guanidine groups is 1. The van der Waals surface area contributed by atoms with E-state index in [0.29, 0.717) is 0 Å². The molecule has 0 saturated heterocycles. The Morgan fingerprint density at radius 1 is 1.35 bits per heavy atom. The highest BCUT2D eigenvalue weighted by Gasteiger charge is 2.21. The summed E-state index contributed by atoms with van der Waals surface area (Å²) in [6.07, 6.45) is 7.36. The Bertz CT molecular complexity index is 677. The normalized spacial score (nSPS) is 14.5. The molecule has 0 atom stereocenters. The number of rotatable bonds is 9. The summed E-state index contributed by atoms with van der Waals surface area (Å²) in [6.45, 7) is 3.36. The summed E-state index contributed by atoms with van der Waals surface area (Å²) >= 11 is 0. The Labute approximate surface area is 155 Å². The minimum Gasteiger partial charge on any atom is -0.379 e. The van der Waals surface area contributed by atoms with Gasteiger partial charge >= 0.3 is 0 Å². The maximum absolute atomic E-state index is 5.71. The van der Waals surface area contributed by atoms with E-state index in [0.717, 1.165) is 50.3 Å². The molecule has 1 fully saturated rings. The van der Waals surface area contributed by atoms with Crippen LogP contribution in [0.3, 0.4) is 0 Å². The molecule has 0 aliphatic heterocycles. The molecule has 0 spiro atoms. The first-order chi connectivity index (χ1) is 12.8.